The largest absolute Gasteiger partial charge is 0.497 e. The third-order valence-electron chi connectivity index (χ3n) is 22.1. The number of benzene rings is 4. The summed E-state index contributed by atoms with van der Waals surface area (Å²) in [6.45, 7) is 7.51. The predicted molar refractivity (Wildman–Crippen MR) is 389 cm³/mol. The second-order valence-electron chi connectivity index (χ2n) is 28.6. The van der Waals surface area contributed by atoms with Crippen molar-refractivity contribution in [1.29, 1.82) is 0 Å². The number of methoxy groups -OCH3 is 6. The second kappa shape index (κ2) is 30.7. The summed E-state index contributed by atoms with van der Waals surface area (Å²) in [4.78, 5) is 22.0. The van der Waals surface area contributed by atoms with Gasteiger partial charge in [-0.1, -0.05) is 0 Å². The standard InChI is InChI=1S/C37H43FN8O5.C24H25FN6O3.C13H19BrN2O2.CH3.Pd/c1-47-26-9-8-23(30(13-26)48-2)17-39-35-41-29-15-31(49-3)28(38)14-27(29)33-42-34(43-46(33)35)37-16-24(37)19-44(22-37)25-18-40-45(20-25)21-36(10-6-11-36)51-32-7-4-5-12-50-32;1-32-15-5-4-13(19(6-15)33-2)10-27-23-28-18-8-20(34-3)17(25)7-16(18)21-29-22(30-31(21)23)24-9-14(24)11-26-12-24;14-11-8-15-16(9-11)10-13(5-3-6-13)18-12-4-1-2-7-17-12;;/h8-9,13-15,18,20,24,32H,4-7,10-12,16-17,19,21-22H2,1-3H3,(H,39,41);4-8,14,26H,9-12H2,1-3H3,(H,27,28);8-9,12H,1-7,10H2;1H3;/q;;;-1;. The molecule has 6 atom stereocenters. The van der Waals surface area contributed by atoms with Crippen molar-refractivity contribution in [3.8, 4) is 34.5 Å². The maximum absolute atomic E-state index is 15.1. The van der Waals surface area contributed by atoms with Crippen molar-refractivity contribution < 1.29 is 76.6 Å². The van der Waals surface area contributed by atoms with E-state index in [0.29, 0.717) is 92.9 Å². The van der Waals surface area contributed by atoms with Crippen LogP contribution in [0.1, 0.15) is 113 Å². The number of halogens is 3. The van der Waals surface area contributed by atoms with Crippen LogP contribution in [0, 0.1) is 30.9 Å². The molecule has 18 rings (SSSR count). The van der Waals surface area contributed by atoms with E-state index >= 15 is 4.39 Å². The van der Waals surface area contributed by atoms with Gasteiger partial charge < -0.3 is 75.6 Å². The molecule has 8 aliphatic rings. The molecule has 4 saturated carbocycles. The van der Waals surface area contributed by atoms with Crippen LogP contribution >= 0.6 is 15.9 Å². The normalized spacial score (nSPS) is 22.9. The Hall–Kier alpha value is -8.08. The van der Waals surface area contributed by atoms with Crippen molar-refractivity contribution in [3.05, 3.63) is 132 Å². The molecule has 105 heavy (non-hydrogen) atoms. The van der Waals surface area contributed by atoms with Gasteiger partial charge in [-0.15, -0.1) is 10.2 Å². The Labute approximate surface area is 630 Å². The number of aromatic nitrogens is 12. The van der Waals surface area contributed by atoms with Crippen molar-refractivity contribution in [2.24, 2.45) is 11.8 Å². The average Bonchev–Trinajstić information content (AvgIpc) is 1.54. The number of rotatable bonds is 23. The van der Waals surface area contributed by atoms with E-state index in [0.717, 1.165) is 150 Å². The zero-order valence-electron chi connectivity index (χ0n) is 60.2. The maximum atomic E-state index is 15.1. The van der Waals surface area contributed by atoms with Gasteiger partial charge in [0, 0.05) is 130 Å². The SMILES string of the molecule is Brc1cnn(CC2(OC3CCCCO3)CCC2)c1.COc1ccc(CNc2nc3cc(OC)c(F)cc3c3nc(C45CC4CN(c4cnn(CC6(OC7CCCCO7)CCC6)c4)C5)nn23)c(OC)c1.COc1ccc(CNc2nc3cc(OC)c(F)cc3c3nc(C45CNCC4C5)nn23)c(OC)c1.[CH3-].[Pd]. The number of ether oxygens (including phenoxy) is 10. The molecule has 10 heterocycles. The first-order chi connectivity index (χ1) is 50.2. The van der Waals surface area contributed by atoms with E-state index in [1.165, 1.54) is 52.0 Å². The van der Waals surface area contributed by atoms with Gasteiger partial charge in [-0.05, 0) is 161 Å². The Bertz CT molecular complexity index is 4750. The van der Waals surface area contributed by atoms with Crippen molar-refractivity contribution in [2.75, 3.05) is 97.6 Å². The molecule has 4 aliphatic carbocycles. The van der Waals surface area contributed by atoms with Crippen molar-refractivity contribution in [3.63, 3.8) is 0 Å². The zero-order valence-corrected chi connectivity index (χ0v) is 63.3. The van der Waals surface area contributed by atoms with E-state index in [1.54, 1.807) is 49.6 Å². The van der Waals surface area contributed by atoms with Gasteiger partial charge >= 0.3 is 0 Å². The smallest absolute Gasteiger partial charge is 0.226 e. The Morgan fingerprint density at radius 3 is 1.52 bits per heavy atom. The molecule has 4 aliphatic heterocycles. The van der Waals surface area contributed by atoms with Gasteiger partial charge in [0.25, 0.3) is 0 Å². The summed E-state index contributed by atoms with van der Waals surface area (Å²) in [5.74, 6) is 5.56. The van der Waals surface area contributed by atoms with Crippen LogP contribution < -0.4 is 49.3 Å². The molecular weight excluding hydrogens is 1510 g/mol. The molecular formula is C75H90BrF2N16O10Pd-. The van der Waals surface area contributed by atoms with Crippen LogP contribution in [0.25, 0.3) is 33.1 Å². The number of fused-ring (bicyclic) bond motifs is 8. The fourth-order valence-electron chi connectivity index (χ4n) is 15.8. The number of anilines is 3. The summed E-state index contributed by atoms with van der Waals surface area (Å²) < 4.78 is 94.7. The number of piperidine rings is 2. The van der Waals surface area contributed by atoms with E-state index in [4.69, 9.17) is 82.6 Å². The summed E-state index contributed by atoms with van der Waals surface area (Å²) >= 11 is 3.43. The van der Waals surface area contributed by atoms with Crippen LogP contribution in [-0.2, 0) is 76.4 Å². The topological polar surface area (TPSA) is 253 Å². The third kappa shape index (κ3) is 14.7. The molecule has 6 unspecified atom stereocenters. The van der Waals surface area contributed by atoms with Gasteiger partial charge in [-0.25, -0.2) is 28.7 Å². The van der Waals surface area contributed by atoms with E-state index in [1.807, 2.05) is 64.4 Å². The molecule has 0 radical (unpaired) electrons. The fraction of sp³-hybridized carbons (Fsp3) is 0.507. The van der Waals surface area contributed by atoms with Crippen LogP contribution in [0.15, 0.2) is 89.9 Å². The zero-order chi connectivity index (χ0) is 70.6. The Morgan fingerprint density at radius 1 is 0.581 bits per heavy atom. The van der Waals surface area contributed by atoms with Crippen molar-refractivity contribution in [2.45, 2.75) is 151 Å². The second-order valence-corrected chi connectivity index (χ2v) is 29.5. The monoisotopic (exact) mass is 1600 g/mol. The minimum atomic E-state index is -0.478. The molecule has 30 heteroatoms. The Morgan fingerprint density at radius 2 is 1.09 bits per heavy atom. The first kappa shape index (κ1) is 73.8. The average molecular weight is 1600 g/mol. The molecule has 26 nitrogen and oxygen atoms in total. The number of nitrogens with zero attached hydrogens (tertiary/aromatic N) is 13. The number of hydrogen-bond acceptors (Lipinski definition) is 22. The van der Waals surface area contributed by atoms with Crippen molar-refractivity contribution in [1.82, 2.24) is 64.0 Å². The van der Waals surface area contributed by atoms with E-state index in [9.17, 15) is 4.39 Å². The van der Waals surface area contributed by atoms with Gasteiger partial charge in [0.05, 0.1) is 106 Å². The van der Waals surface area contributed by atoms with Crippen LogP contribution in [0.2, 0.25) is 0 Å². The van der Waals surface area contributed by atoms with Gasteiger partial charge in [0.15, 0.2) is 58.7 Å². The molecule has 4 saturated heterocycles. The van der Waals surface area contributed by atoms with E-state index in [2.05, 4.69) is 48.1 Å². The quantitative estimate of drug-likeness (QED) is 0.0397. The van der Waals surface area contributed by atoms with Gasteiger partial charge in [-0.2, -0.15) is 19.2 Å². The van der Waals surface area contributed by atoms with Gasteiger partial charge in [0.1, 0.15) is 23.0 Å². The van der Waals surface area contributed by atoms with E-state index < -0.39 is 11.6 Å². The molecule has 562 valence electrons. The molecule has 0 spiro atoms. The van der Waals surface area contributed by atoms with E-state index in [-0.39, 0.29) is 74.0 Å². The molecule has 10 aromatic rings. The number of nitrogens with one attached hydrogen (secondary N) is 3. The summed E-state index contributed by atoms with van der Waals surface area (Å²) in [6, 6.07) is 17.4. The molecule has 0 amide bonds. The summed E-state index contributed by atoms with van der Waals surface area (Å²) in [5.41, 5.74) is 4.66. The first-order valence-electron chi connectivity index (χ1n) is 35.7. The molecule has 8 fully saturated rings. The summed E-state index contributed by atoms with van der Waals surface area (Å²) in [5, 5.41) is 30.4. The van der Waals surface area contributed by atoms with Crippen LogP contribution in [0.5, 0.6) is 34.5 Å². The predicted octanol–water partition coefficient (Wildman–Crippen LogP) is 12.0. The number of hydrogen-bond donors (Lipinski definition) is 3. The van der Waals surface area contributed by atoms with Gasteiger partial charge in [0.2, 0.25) is 11.9 Å². The Balaban J connectivity index is 0.000000147. The summed E-state index contributed by atoms with van der Waals surface area (Å²) in [7, 11) is 9.37. The van der Waals surface area contributed by atoms with Crippen LogP contribution in [0.3, 0.4) is 0 Å². The Kier molecular flexibility index (Phi) is 21.5. The van der Waals surface area contributed by atoms with Crippen LogP contribution in [0.4, 0.5) is 26.4 Å². The minimum Gasteiger partial charge on any atom is -0.497 e. The maximum Gasteiger partial charge on any atom is 0.226 e. The fourth-order valence-corrected chi connectivity index (χ4v) is 16.1. The van der Waals surface area contributed by atoms with Gasteiger partial charge in [-0.3, -0.25) is 9.36 Å². The van der Waals surface area contributed by atoms with Crippen LogP contribution in [-0.4, -0.2) is 165 Å². The summed E-state index contributed by atoms with van der Waals surface area (Å²) in [6.07, 6.45) is 23.2. The molecule has 3 N–H and O–H groups in total. The molecule has 0 bridgehead atoms. The minimum absolute atomic E-state index is 0. The molecule has 6 aromatic heterocycles. The van der Waals surface area contributed by atoms with Crippen molar-refractivity contribution >= 4 is 66.6 Å². The molecule has 4 aromatic carbocycles. The third-order valence-corrected chi connectivity index (χ3v) is 22.5. The first-order valence-corrected chi connectivity index (χ1v) is 36.5.